The number of thiazole rings is 1. The van der Waals surface area contributed by atoms with Crippen molar-refractivity contribution in [2.24, 2.45) is 7.05 Å². The van der Waals surface area contributed by atoms with Crippen molar-refractivity contribution in [3.8, 4) is 0 Å². The van der Waals surface area contributed by atoms with Crippen molar-refractivity contribution in [3.63, 3.8) is 0 Å². The predicted octanol–water partition coefficient (Wildman–Crippen LogP) is 1.46. The van der Waals surface area contributed by atoms with Crippen molar-refractivity contribution in [2.45, 2.75) is 6.54 Å². The van der Waals surface area contributed by atoms with Crippen molar-refractivity contribution < 1.29 is 0 Å². The van der Waals surface area contributed by atoms with Gasteiger partial charge in [-0.15, -0.1) is 11.3 Å². The van der Waals surface area contributed by atoms with E-state index in [0.29, 0.717) is 0 Å². The summed E-state index contributed by atoms with van der Waals surface area (Å²) in [4.78, 5) is 14.9. The Kier molecular flexibility index (Phi) is 2.67. The molecule has 0 spiro atoms. The summed E-state index contributed by atoms with van der Waals surface area (Å²) in [5.41, 5.74) is 3.71. The first-order chi connectivity index (χ1) is 8.75. The van der Waals surface area contributed by atoms with Gasteiger partial charge in [0, 0.05) is 19.5 Å². The summed E-state index contributed by atoms with van der Waals surface area (Å²) >= 11 is 1.60. The zero-order valence-electron chi connectivity index (χ0n) is 10.1. The molecule has 0 unspecified atom stereocenters. The molecule has 3 aromatic rings. The van der Waals surface area contributed by atoms with E-state index >= 15 is 0 Å². The molecule has 0 aliphatic rings. The molecule has 0 aromatic carbocycles. The second kappa shape index (κ2) is 4.34. The summed E-state index contributed by atoms with van der Waals surface area (Å²) in [5.74, 6) is 0.876. The number of anilines is 1. The number of fused-ring (bicyclic) bond motifs is 1. The average molecular weight is 260 g/mol. The Morgan fingerprint density at radius 1 is 1.33 bits per heavy atom. The van der Waals surface area contributed by atoms with Crippen LogP contribution in [0.25, 0.3) is 11.0 Å². The lowest BCUT2D eigenvalue weighted by Crippen LogP contribution is -2.18. The largest absolute Gasteiger partial charge is 0.353 e. The summed E-state index contributed by atoms with van der Waals surface area (Å²) in [6.45, 7) is 0.727. The van der Waals surface area contributed by atoms with E-state index in [4.69, 9.17) is 0 Å². The van der Waals surface area contributed by atoms with E-state index in [2.05, 4.69) is 25.0 Å². The minimum atomic E-state index is 0.727. The maximum Gasteiger partial charge on any atom is 0.163 e. The number of aryl methyl sites for hydroxylation is 1. The van der Waals surface area contributed by atoms with Gasteiger partial charge in [-0.25, -0.2) is 15.0 Å². The summed E-state index contributed by atoms with van der Waals surface area (Å²) in [7, 11) is 3.87. The second-order valence-corrected chi connectivity index (χ2v) is 4.76. The highest BCUT2D eigenvalue weighted by Crippen LogP contribution is 2.22. The molecule has 7 heteroatoms. The van der Waals surface area contributed by atoms with Gasteiger partial charge in [0.25, 0.3) is 0 Å². The van der Waals surface area contributed by atoms with Gasteiger partial charge in [-0.1, -0.05) is 0 Å². The highest BCUT2D eigenvalue weighted by atomic mass is 32.1. The van der Waals surface area contributed by atoms with Crippen LogP contribution in [-0.4, -0.2) is 31.8 Å². The van der Waals surface area contributed by atoms with Crippen LogP contribution < -0.4 is 4.90 Å². The molecule has 0 aliphatic heterocycles. The fourth-order valence-corrected chi connectivity index (χ4v) is 2.44. The lowest BCUT2D eigenvalue weighted by atomic mass is 10.3. The van der Waals surface area contributed by atoms with E-state index in [0.717, 1.165) is 29.1 Å². The molecule has 0 fully saturated rings. The quantitative estimate of drug-likeness (QED) is 0.713. The van der Waals surface area contributed by atoms with Crippen LogP contribution >= 0.6 is 11.3 Å². The molecule has 0 atom stereocenters. The van der Waals surface area contributed by atoms with Crippen LogP contribution in [-0.2, 0) is 13.6 Å². The molecule has 0 amide bonds. The molecule has 0 saturated carbocycles. The number of hydrogen-bond acceptors (Lipinski definition) is 6. The fourth-order valence-electron chi connectivity index (χ4n) is 1.89. The summed E-state index contributed by atoms with van der Waals surface area (Å²) in [6.07, 6.45) is 3.36. The third-order valence-corrected chi connectivity index (χ3v) is 3.39. The molecular weight excluding hydrogens is 248 g/mol. The van der Waals surface area contributed by atoms with Crippen LogP contribution in [0, 0.1) is 0 Å². The Hall–Kier alpha value is -2.02. The van der Waals surface area contributed by atoms with Crippen LogP contribution in [0.15, 0.2) is 23.4 Å². The van der Waals surface area contributed by atoms with E-state index in [1.165, 1.54) is 0 Å². The van der Waals surface area contributed by atoms with Crippen LogP contribution in [0.5, 0.6) is 0 Å². The van der Waals surface area contributed by atoms with Crippen molar-refractivity contribution in [1.29, 1.82) is 0 Å². The molecular formula is C11H12N6S. The van der Waals surface area contributed by atoms with Crippen molar-refractivity contribution in [2.75, 3.05) is 11.9 Å². The highest BCUT2D eigenvalue weighted by Gasteiger charge is 2.12. The third-order valence-electron chi connectivity index (χ3n) is 2.75. The van der Waals surface area contributed by atoms with E-state index in [1.54, 1.807) is 28.5 Å². The van der Waals surface area contributed by atoms with Crippen LogP contribution in [0.2, 0.25) is 0 Å². The van der Waals surface area contributed by atoms with Gasteiger partial charge in [-0.3, -0.25) is 4.68 Å². The first-order valence-electron chi connectivity index (χ1n) is 5.46. The number of hydrogen-bond donors (Lipinski definition) is 0. The van der Waals surface area contributed by atoms with Gasteiger partial charge >= 0.3 is 0 Å². The second-order valence-electron chi connectivity index (χ2n) is 4.04. The molecule has 6 nitrogen and oxygen atoms in total. The SMILES string of the molecule is CN(Cc1cscn1)c1ncnc2c1cnn2C. The fraction of sp³-hybridized carbons (Fsp3) is 0.273. The van der Waals surface area contributed by atoms with Gasteiger partial charge in [-0.05, 0) is 0 Å². The van der Waals surface area contributed by atoms with Gasteiger partial charge in [0.05, 0.1) is 29.3 Å². The van der Waals surface area contributed by atoms with Gasteiger partial charge < -0.3 is 4.90 Å². The number of aromatic nitrogens is 5. The summed E-state index contributed by atoms with van der Waals surface area (Å²) in [6, 6.07) is 0. The standard InChI is InChI=1S/C11H12N6S/c1-16(4-8-5-18-7-14-8)10-9-3-15-17(2)11(9)13-6-12-10/h3,5-7H,4H2,1-2H3. The molecule has 0 saturated heterocycles. The molecule has 3 aromatic heterocycles. The van der Waals surface area contributed by atoms with Gasteiger partial charge in [0.15, 0.2) is 5.65 Å². The van der Waals surface area contributed by atoms with E-state index < -0.39 is 0 Å². The van der Waals surface area contributed by atoms with E-state index in [9.17, 15) is 0 Å². The lowest BCUT2D eigenvalue weighted by Gasteiger charge is -2.17. The molecule has 0 radical (unpaired) electrons. The highest BCUT2D eigenvalue weighted by molar-refractivity contribution is 7.07. The molecule has 0 aliphatic carbocycles. The van der Waals surface area contributed by atoms with Gasteiger partial charge in [0.2, 0.25) is 0 Å². The predicted molar refractivity (Wildman–Crippen MR) is 70.5 cm³/mol. The molecule has 0 N–H and O–H groups in total. The zero-order chi connectivity index (χ0) is 12.5. The first kappa shape index (κ1) is 11.1. The van der Waals surface area contributed by atoms with E-state index in [-0.39, 0.29) is 0 Å². The molecule has 92 valence electrons. The Labute approximate surface area is 108 Å². The topological polar surface area (TPSA) is 59.7 Å². The van der Waals surface area contributed by atoms with Crippen molar-refractivity contribution in [1.82, 2.24) is 24.7 Å². The van der Waals surface area contributed by atoms with Crippen LogP contribution in [0.4, 0.5) is 5.82 Å². The lowest BCUT2D eigenvalue weighted by molar-refractivity contribution is 0.785. The maximum absolute atomic E-state index is 4.34. The Balaban J connectivity index is 1.98. The minimum absolute atomic E-state index is 0.727. The number of rotatable bonds is 3. The Morgan fingerprint density at radius 2 is 2.22 bits per heavy atom. The summed E-state index contributed by atoms with van der Waals surface area (Å²) < 4.78 is 1.75. The van der Waals surface area contributed by atoms with Gasteiger partial charge in [0.1, 0.15) is 12.1 Å². The smallest absolute Gasteiger partial charge is 0.163 e. The van der Waals surface area contributed by atoms with Gasteiger partial charge in [-0.2, -0.15) is 5.10 Å². The Bertz CT molecular complexity index is 659. The molecule has 3 heterocycles. The maximum atomic E-state index is 4.34. The van der Waals surface area contributed by atoms with Crippen molar-refractivity contribution >= 4 is 28.2 Å². The first-order valence-corrected chi connectivity index (χ1v) is 6.41. The summed E-state index contributed by atoms with van der Waals surface area (Å²) in [5, 5.41) is 7.21. The van der Waals surface area contributed by atoms with E-state index in [1.807, 2.05) is 25.0 Å². The number of nitrogens with zero attached hydrogens (tertiary/aromatic N) is 6. The molecule has 18 heavy (non-hydrogen) atoms. The monoisotopic (exact) mass is 260 g/mol. The molecule has 0 bridgehead atoms. The molecule has 3 rings (SSSR count). The third kappa shape index (κ3) is 1.82. The normalized spacial score (nSPS) is 11.0. The zero-order valence-corrected chi connectivity index (χ0v) is 10.9. The Morgan fingerprint density at radius 3 is 3.00 bits per heavy atom. The van der Waals surface area contributed by atoms with Crippen molar-refractivity contribution in [3.05, 3.63) is 29.1 Å². The average Bonchev–Trinajstić information content (AvgIpc) is 3.00. The van der Waals surface area contributed by atoms with Crippen LogP contribution in [0.1, 0.15) is 5.69 Å². The minimum Gasteiger partial charge on any atom is -0.353 e. The van der Waals surface area contributed by atoms with Crippen LogP contribution in [0.3, 0.4) is 0 Å².